The fraction of sp³-hybridized carbons (Fsp3) is 0.727. The van der Waals surface area contributed by atoms with Gasteiger partial charge in [-0.3, -0.25) is 9.59 Å². The molecule has 0 aromatic carbocycles. The Kier molecular flexibility index (Phi) is 21.1. The standard InChI is InChI=1S/C4H11NO2.C4H6O4.C3H6O3/c6-3-1-5-2-4-7;5-3(6)1-2-4(7)8;1-2(4)3(5)6/h5-7H,1-4H2;1-2H2,(H,5,6)(H,7,8);2,4H,1H3,(H,5,6). The number of aliphatic carboxylic acids is 3. The van der Waals surface area contributed by atoms with Crippen LogP contribution >= 0.6 is 0 Å². The second-order valence-corrected chi connectivity index (χ2v) is 3.50. The van der Waals surface area contributed by atoms with E-state index in [-0.39, 0.29) is 26.1 Å². The van der Waals surface area contributed by atoms with Crippen molar-refractivity contribution in [2.24, 2.45) is 0 Å². The molecule has 0 aliphatic heterocycles. The van der Waals surface area contributed by atoms with Crippen LogP contribution < -0.4 is 5.32 Å². The van der Waals surface area contributed by atoms with E-state index in [1.54, 1.807) is 0 Å². The second-order valence-electron chi connectivity index (χ2n) is 3.50. The summed E-state index contributed by atoms with van der Waals surface area (Å²) in [6.07, 6.45) is -1.82. The van der Waals surface area contributed by atoms with Crippen LogP contribution in [0.2, 0.25) is 0 Å². The molecule has 0 saturated heterocycles. The molecule has 0 fully saturated rings. The van der Waals surface area contributed by atoms with Crippen LogP contribution in [0.25, 0.3) is 0 Å². The third-order valence-electron chi connectivity index (χ3n) is 1.49. The summed E-state index contributed by atoms with van der Waals surface area (Å²) in [4.78, 5) is 28.7. The molecule has 10 heteroatoms. The van der Waals surface area contributed by atoms with Crippen LogP contribution in [0.1, 0.15) is 19.8 Å². The summed E-state index contributed by atoms with van der Waals surface area (Å²) in [6.45, 7) is 2.61. The van der Waals surface area contributed by atoms with E-state index < -0.39 is 24.0 Å². The zero-order valence-corrected chi connectivity index (χ0v) is 11.7. The maximum Gasteiger partial charge on any atom is 0.332 e. The Labute approximate surface area is 121 Å². The van der Waals surface area contributed by atoms with E-state index >= 15 is 0 Å². The molecule has 10 nitrogen and oxygen atoms in total. The lowest BCUT2D eigenvalue weighted by Crippen LogP contribution is -2.21. The minimum Gasteiger partial charge on any atom is -0.481 e. The van der Waals surface area contributed by atoms with Gasteiger partial charge in [0.1, 0.15) is 6.10 Å². The number of aliphatic hydroxyl groups is 3. The van der Waals surface area contributed by atoms with Gasteiger partial charge in [-0.05, 0) is 6.92 Å². The molecular weight excluding hydrogens is 290 g/mol. The lowest BCUT2D eigenvalue weighted by Gasteiger charge is -1.94. The van der Waals surface area contributed by atoms with E-state index in [2.05, 4.69) is 5.32 Å². The van der Waals surface area contributed by atoms with E-state index in [0.717, 1.165) is 0 Å². The number of hydrogen-bond donors (Lipinski definition) is 7. The summed E-state index contributed by atoms with van der Waals surface area (Å²) in [5.41, 5.74) is 0. The Hall–Kier alpha value is -1.75. The monoisotopic (exact) mass is 313 g/mol. The summed E-state index contributed by atoms with van der Waals surface area (Å²) >= 11 is 0. The molecule has 7 N–H and O–H groups in total. The molecule has 0 radical (unpaired) electrons. The van der Waals surface area contributed by atoms with Gasteiger partial charge in [0.2, 0.25) is 0 Å². The first kappa shape index (κ1) is 24.3. The normalized spacial score (nSPS) is 10.3. The fourth-order valence-corrected chi connectivity index (χ4v) is 0.497. The predicted octanol–water partition coefficient (Wildman–Crippen LogP) is -2.05. The van der Waals surface area contributed by atoms with Crippen LogP contribution in [-0.4, -0.2) is 81.0 Å². The van der Waals surface area contributed by atoms with Crippen molar-refractivity contribution in [1.82, 2.24) is 5.32 Å². The fourth-order valence-electron chi connectivity index (χ4n) is 0.497. The topological polar surface area (TPSA) is 185 Å². The molecule has 0 aromatic rings. The van der Waals surface area contributed by atoms with Gasteiger partial charge in [0.25, 0.3) is 0 Å². The van der Waals surface area contributed by atoms with Crippen molar-refractivity contribution < 1.29 is 45.0 Å². The molecule has 0 aliphatic rings. The number of carboxylic acids is 3. The maximum atomic E-state index is 9.64. The van der Waals surface area contributed by atoms with Crippen molar-refractivity contribution in [3.63, 3.8) is 0 Å². The molecule has 0 aliphatic carbocycles. The Balaban J connectivity index is -0.000000234. The molecule has 0 rings (SSSR count). The highest BCUT2D eigenvalue weighted by Crippen LogP contribution is 1.86. The van der Waals surface area contributed by atoms with Crippen molar-refractivity contribution >= 4 is 17.9 Å². The van der Waals surface area contributed by atoms with E-state index in [1.165, 1.54) is 6.92 Å². The van der Waals surface area contributed by atoms with Gasteiger partial charge in [0.15, 0.2) is 0 Å². The SMILES string of the molecule is CC(O)C(=O)O.O=C(O)CCC(=O)O.OCCNCCO. The number of rotatable bonds is 8. The molecule has 0 bridgehead atoms. The summed E-state index contributed by atoms with van der Waals surface area (Å²) in [7, 11) is 0. The van der Waals surface area contributed by atoms with Crippen LogP contribution in [0.5, 0.6) is 0 Å². The minimum atomic E-state index is -1.23. The van der Waals surface area contributed by atoms with Gasteiger partial charge in [-0.1, -0.05) is 0 Å². The van der Waals surface area contributed by atoms with Crippen LogP contribution in [0.4, 0.5) is 0 Å². The number of carboxylic acid groups (broad SMARTS) is 3. The van der Waals surface area contributed by atoms with Crippen molar-refractivity contribution in [3.05, 3.63) is 0 Å². The minimum absolute atomic E-state index is 0.139. The third-order valence-corrected chi connectivity index (χ3v) is 1.49. The summed E-state index contributed by atoms with van der Waals surface area (Å²) in [5.74, 6) is -3.34. The third kappa shape index (κ3) is 38.1. The highest BCUT2D eigenvalue weighted by molar-refractivity contribution is 5.75. The molecule has 0 saturated carbocycles. The average molecular weight is 313 g/mol. The molecule has 21 heavy (non-hydrogen) atoms. The van der Waals surface area contributed by atoms with Crippen molar-refractivity contribution in [2.45, 2.75) is 25.9 Å². The van der Waals surface area contributed by atoms with Crippen LogP contribution in [0.3, 0.4) is 0 Å². The van der Waals surface area contributed by atoms with Gasteiger partial charge < -0.3 is 36.0 Å². The first-order valence-corrected chi connectivity index (χ1v) is 5.95. The lowest BCUT2D eigenvalue weighted by atomic mass is 10.3. The zero-order valence-electron chi connectivity index (χ0n) is 11.7. The van der Waals surface area contributed by atoms with Crippen molar-refractivity contribution in [1.29, 1.82) is 0 Å². The van der Waals surface area contributed by atoms with E-state index in [0.29, 0.717) is 13.1 Å². The van der Waals surface area contributed by atoms with E-state index in [9.17, 15) is 14.4 Å². The Morgan fingerprint density at radius 3 is 1.33 bits per heavy atom. The first-order valence-electron chi connectivity index (χ1n) is 5.95. The quantitative estimate of drug-likeness (QED) is 0.246. The largest absolute Gasteiger partial charge is 0.481 e. The molecule has 0 amide bonds. The van der Waals surface area contributed by atoms with Crippen LogP contribution in [0.15, 0.2) is 0 Å². The number of aliphatic hydroxyl groups excluding tert-OH is 3. The number of hydrogen-bond acceptors (Lipinski definition) is 7. The van der Waals surface area contributed by atoms with Gasteiger partial charge in [-0.25, -0.2) is 4.79 Å². The molecular formula is C11H23NO9. The Morgan fingerprint density at radius 1 is 0.905 bits per heavy atom. The van der Waals surface area contributed by atoms with Gasteiger partial charge >= 0.3 is 17.9 Å². The van der Waals surface area contributed by atoms with Crippen LogP contribution in [-0.2, 0) is 14.4 Å². The Morgan fingerprint density at radius 2 is 1.19 bits per heavy atom. The second kappa shape index (κ2) is 18.2. The van der Waals surface area contributed by atoms with Crippen LogP contribution in [0, 0.1) is 0 Å². The van der Waals surface area contributed by atoms with Gasteiger partial charge in [0.05, 0.1) is 26.1 Å². The molecule has 0 heterocycles. The maximum absolute atomic E-state index is 9.64. The zero-order chi connectivity index (χ0) is 17.3. The number of carbonyl (C=O) groups is 3. The average Bonchev–Trinajstić information content (AvgIpc) is 2.38. The highest BCUT2D eigenvalue weighted by Gasteiger charge is 2.01. The lowest BCUT2D eigenvalue weighted by molar-refractivity contribution is -0.145. The Bertz CT molecular complexity index is 263. The molecule has 1 atom stereocenters. The summed E-state index contributed by atoms with van der Waals surface area (Å²) in [5, 5.41) is 50.7. The smallest absolute Gasteiger partial charge is 0.332 e. The van der Waals surface area contributed by atoms with E-state index in [4.69, 9.17) is 30.6 Å². The first-order chi connectivity index (χ1) is 9.68. The summed E-state index contributed by atoms with van der Waals surface area (Å²) < 4.78 is 0. The van der Waals surface area contributed by atoms with Crippen molar-refractivity contribution in [3.8, 4) is 0 Å². The molecule has 0 aromatic heterocycles. The molecule has 1 unspecified atom stereocenters. The summed E-state index contributed by atoms with van der Waals surface area (Å²) in [6, 6.07) is 0. The van der Waals surface area contributed by atoms with Gasteiger partial charge in [-0.15, -0.1) is 0 Å². The molecule has 126 valence electrons. The van der Waals surface area contributed by atoms with E-state index in [1.807, 2.05) is 0 Å². The van der Waals surface area contributed by atoms with Crippen molar-refractivity contribution in [2.75, 3.05) is 26.3 Å². The molecule has 0 spiro atoms. The van der Waals surface area contributed by atoms with Gasteiger partial charge in [0, 0.05) is 13.1 Å². The highest BCUT2D eigenvalue weighted by atomic mass is 16.4. The predicted molar refractivity (Wildman–Crippen MR) is 70.9 cm³/mol. The van der Waals surface area contributed by atoms with Gasteiger partial charge in [-0.2, -0.15) is 0 Å². The number of nitrogens with one attached hydrogen (secondary N) is 1.